The molecule has 20 heavy (non-hydrogen) atoms. The number of hydrogen-bond acceptors (Lipinski definition) is 3. The normalized spacial score (nSPS) is 13.8. The molecule has 0 saturated carbocycles. The molecule has 112 valence electrons. The first-order valence-corrected chi connectivity index (χ1v) is 7.41. The largest absolute Gasteiger partial charge is 0.466 e. The Morgan fingerprint density at radius 3 is 2.50 bits per heavy atom. The number of carbonyl (C=O) groups is 1. The lowest BCUT2D eigenvalue weighted by molar-refractivity contribution is -0.144. The van der Waals surface area contributed by atoms with Crippen LogP contribution in [0.15, 0.2) is 18.2 Å². The minimum absolute atomic E-state index is 0.156. The smallest absolute Gasteiger partial charge is 0.307 e. The second-order valence-electron chi connectivity index (χ2n) is 5.54. The first-order chi connectivity index (χ1) is 9.42. The van der Waals surface area contributed by atoms with Crippen LogP contribution in [-0.4, -0.2) is 19.1 Å². The highest BCUT2D eigenvalue weighted by atomic mass is 16.5. The molecular formula is C17H27NO2. The van der Waals surface area contributed by atoms with E-state index in [0.717, 1.165) is 18.5 Å². The number of benzene rings is 1. The molecule has 0 aliphatic carbocycles. The van der Waals surface area contributed by atoms with Crippen LogP contribution in [-0.2, 0) is 15.1 Å². The predicted octanol–water partition coefficient (Wildman–Crippen LogP) is 3.47. The Morgan fingerprint density at radius 2 is 1.95 bits per heavy atom. The topological polar surface area (TPSA) is 38.3 Å². The molecule has 0 spiro atoms. The fourth-order valence-electron chi connectivity index (χ4n) is 2.25. The molecule has 0 heterocycles. The molecule has 0 fully saturated rings. The van der Waals surface area contributed by atoms with Gasteiger partial charge in [-0.1, -0.05) is 25.1 Å². The van der Waals surface area contributed by atoms with Gasteiger partial charge in [0.05, 0.1) is 18.6 Å². The molecule has 1 N–H and O–H groups in total. The Balaban J connectivity index is 3.02. The molecule has 3 nitrogen and oxygen atoms in total. The van der Waals surface area contributed by atoms with Gasteiger partial charge in [0, 0.05) is 0 Å². The summed E-state index contributed by atoms with van der Waals surface area (Å²) in [6, 6.07) is 6.38. The minimum Gasteiger partial charge on any atom is -0.466 e. The average Bonchev–Trinajstić information content (AvgIpc) is 2.39. The van der Waals surface area contributed by atoms with Crippen molar-refractivity contribution in [3.63, 3.8) is 0 Å². The van der Waals surface area contributed by atoms with E-state index in [2.05, 4.69) is 51.2 Å². The molecule has 0 aromatic heterocycles. The number of rotatable bonds is 7. The van der Waals surface area contributed by atoms with Crippen LogP contribution in [0.3, 0.4) is 0 Å². The molecule has 1 unspecified atom stereocenters. The van der Waals surface area contributed by atoms with E-state index >= 15 is 0 Å². The lowest BCUT2D eigenvalue weighted by Gasteiger charge is -2.31. The molecule has 1 atom stereocenters. The van der Waals surface area contributed by atoms with E-state index in [1.54, 1.807) is 0 Å². The van der Waals surface area contributed by atoms with Crippen molar-refractivity contribution in [3.05, 3.63) is 34.9 Å². The maximum absolute atomic E-state index is 11.9. The third kappa shape index (κ3) is 4.34. The SMILES string of the molecule is CCCNC(C)(CC(=O)OCC)c1ccc(C)c(C)c1. The van der Waals surface area contributed by atoms with Gasteiger partial charge in [0.2, 0.25) is 0 Å². The van der Waals surface area contributed by atoms with Crippen molar-refractivity contribution >= 4 is 5.97 Å². The van der Waals surface area contributed by atoms with Gasteiger partial charge >= 0.3 is 5.97 Å². The molecule has 0 saturated heterocycles. The van der Waals surface area contributed by atoms with Crippen LogP contribution in [0, 0.1) is 13.8 Å². The maximum Gasteiger partial charge on any atom is 0.307 e. The molecule has 0 amide bonds. The summed E-state index contributed by atoms with van der Waals surface area (Å²) in [6.07, 6.45) is 1.38. The first-order valence-electron chi connectivity index (χ1n) is 7.41. The molecule has 1 aromatic rings. The van der Waals surface area contributed by atoms with E-state index in [4.69, 9.17) is 4.74 Å². The summed E-state index contributed by atoms with van der Waals surface area (Å²) in [6.45, 7) is 11.5. The molecular weight excluding hydrogens is 250 g/mol. The molecule has 1 rings (SSSR count). The lowest BCUT2D eigenvalue weighted by Crippen LogP contribution is -2.42. The summed E-state index contributed by atoms with van der Waals surface area (Å²) in [5.41, 5.74) is 3.28. The van der Waals surface area contributed by atoms with E-state index in [9.17, 15) is 4.79 Å². The maximum atomic E-state index is 11.9. The summed E-state index contributed by atoms with van der Waals surface area (Å²) >= 11 is 0. The van der Waals surface area contributed by atoms with Gasteiger partial charge in [-0.15, -0.1) is 0 Å². The van der Waals surface area contributed by atoms with Crippen LogP contribution >= 0.6 is 0 Å². The van der Waals surface area contributed by atoms with Crippen LogP contribution in [0.4, 0.5) is 0 Å². The molecule has 0 aliphatic rings. The van der Waals surface area contributed by atoms with Gasteiger partial charge in [-0.05, 0) is 57.4 Å². The summed E-state index contributed by atoms with van der Waals surface area (Å²) in [5.74, 6) is -0.156. The van der Waals surface area contributed by atoms with Crippen molar-refractivity contribution < 1.29 is 9.53 Å². The zero-order valence-corrected chi connectivity index (χ0v) is 13.4. The molecule has 0 bridgehead atoms. The number of carbonyl (C=O) groups excluding carboxylic acids is 1. The monoisotopic (exact) mass is 277 g/mol. The standard InChI is InChI=1S/C17H27NO2/c1-6-10-18-17(5,12-16(19)20-7-2)15-9-8-13(3)14(4)11-15/h8-9,11,18H,6-7,10,12H2,1-5H3. The predicted molar refractivity (Wildman–Crippen MR) is 82.8 cm³/mol. The highest BCUT2D eigenvalue weighted by molar-refractivity contribution is 5.71. The molecule has 3 heteroatoms. The zero-order valence-electron chi connectivity index (χ0n) is 13.4. The van der Waals surface area contributed by atoms with Crippen molar-refractivity contribution in [2.24, 2.45) is 0 Å². The first kappa shape index (κ1) is 16.7. The Kier molecular flexibility index (Phi) is 6.21. The van der Waals surface area contributed by atoms with E-state index < -0.39 is 0 Å². The zero-order chi connectivity index (χ0) is 15.2. The van der Waals surface area contributed by atoms with Crippen LogP contribution in [0.25, 0.3) is 0 Å². The van der Waals surface area contributed by atoms with Gasteiger partial charge in [-0.3, -0.25) is 4.79 Å². The summed E-state index contributed by atoms with van der Waals surface area (Å²) < 4.78 is 5.11. The van der Waals surface area contributed by atoms with E-state index in [1.807, 2.05) is 6.92 Å². The van der Waals surface area contributed by atoms with E-state index in [1.165, 1.54) is 11.1 Å². The minimum atomic E-state index is -0.374. The van der Waals surface area contributed by atoms with Crippen molar-refractivity contribution in [2.45, 2.75) is 53.0 Å². The van der Waals surface area contributed by atoms with Gasteiger partial charge in [0.15, 0.2) is 0 Å². The number of aryl methyl sites for hydroxylation is 2. The van der Waals surface area contributed by atoms with Crippen molar-refractivity contribution in [2.75, 3.05) is 13.2 Å². The Hall–Kier alpha value is -1.35. The van der Waals surface area contributed by atoms with Crippen molar-refractivity contribution in [1.82, 2.24) is 5.32 Å². The van der Waals surface area contributed by atoms with Crippen LogP contribution in [0.5, 0.6) is 0 Å². The molecule has 0 aliphatic heterocycles. The number of esters is 1. The summed E-state index contributed by atoms with van der Waals surface area (Å²) in [7, 11) is 0. The Bertz CT molecular complexity index is 456. The average molecular weight is 277 g/mol. The quantitative estimate of drug-likeness (QED) is 0.776. The van der Waals surface area contributed by atoms with Gasteiger partial charge in [-0.25, -0.2) is 0 Å². The third-order valence-corrected chi connectivity index (χ3v) is 3.71. The summed E-state index contributed by atoms with van der Waals surface area (Å²) in [5, 5.41) is 3.50. The fraction of sp³-hybridized carbons (Fsp3) is 0.588. The van der Waals surface area contributed by atoms with Gasteiger partial charge in [0.1, 0.15) is 0 Å². The van der Waals surface area contributed by atoms with Crippen molar-refractivity contribution in [3.8, 4) is 0 Å². The number of nitrogens with one attached hydrogen (secondary N) is 1. The second-order valence-corrected chi connectivity index (χ2v) is 5.54. The van der Waals surface area contributed by atoms with E-state index in [-0.39, 0.29) is 11.5 Å². The van der Waals surface area contributed by atoms with E-state index in [0.29, 0.717) is 13.0 Å². The highest BCUT2D eigenvalue weighted by Crippen LogP contribution is 2.27. The lowest BCUT2D eigenvalue weighted by atomic mass is 9.86. The van der Waals surface area contributed by atoms with Crippen LogP contribution < -0.4 is 5.32 Å². The van der Waals surface area contributed by atoms with Crippen LogP contribution in [0.1, 0.15) is 50.3 Å². The van der Waals surface area contributed by atoms with Gasteiger partial charge in [-0.2, -0.15) is 0 Å². The fourth-order valence-corrected chi connectivity index (χ4v) is 2.25. The Labute approximate surface area is 122 Å². The van der Waals surface area contributed by atoms with Gasteiger partial charge < -0.3 is 10.1 Å². The second kappa shape index (κ2) is 7.44. The number of ether oxygens (including phenoxy) is 1. The number of hydrogen-bond donors (Lipinski definition) is 1. The van der Waals surface area contributed by atoms with Gasteiger partial charge in [0.25, 0.3) is 0 Å². The Morgan fingerprint density at radius 1 is 1.25 bits per heavy atom. The molecule has 1 aromatic carbocycles. The highest BCUT2D eigenvalue weighted by Gasteiger charge is 2.29. The third-order valence-electron chi connectivity index (χ3n) is 3.71. The summed E-state index contributed by atoms with van der Waals surface area (Å²) in [4.78, 5) is 11.9. The van der Waals surface area contributed by atoms with Crippen LogP contribution in [0.2, 0.25) is 0 Å². The van der Waals surface area contributed by atoms with Crippen molar-refractivity contribution in [1.29, 1.82) is 0 Å². The molecule has 0 radical (unpaired) electrons.